The number of aromatic nitrogens is 3. The summed E-state index contributed by atoms with van der Waals surface area (Å²) in [4.78, 5) is 26.8. The maximum Gasteiger partial charge on any atom is 0.322 e. The number of aromatic hydroxyl groups is 1. The minimum absolute atomic E-state index is 0.121. The van der Waals surface area contributed by atoms with Crippen LogP contribution in [0.5, 0.6) is 5.75 Å². The number of pyridine rings is 1. The normalized spacial score (nSPS) is 10.7. The molecule has 0 aliphatic rings. The highest BCUT2D eigenvalue weighted by Gasteiger charge is 2.21. The summed E-state index contributed by atoms with van der Waals surface area (Å²) in [5.74, 6) is -2.21. The lowest BCUT2D eigenvalue weighted by atomic mass is 10.1. The highest BCUT2D eigenvalue weighted by Crippen LogP contribution is 2.29. The van der Waals surface area contributed by atoms with Crippen molar-refractivity contribution in [3.63, 3.8) is 0 Å². The van der Waals surface area contributed by atoms with E-state index >= 15 is 0 Å². The van der Waals surface area contributed by atoms with Crippen LogP contribution in [0.1, 0.15) is 15.9 Å². The van der Waals surface area contributed by atoms with Gasteiger partial charge in [0, 0.05) is 11.6 Å². The van der Waals surface area contributed by atoms with E-state index in [9.17, 15) is 14.7 Å². The average Bonchev–Trinajstić information content (AvgIpc) is 3.02. The fraction of sp³-hybridized carbons (Fsp3) is 0.125. The Hall–Kier alpha value is -3.42. The lowest BCUT2D eigenvalue weighted by Crippen LogP contribution is -2.29. The number of nitrogens with one attached hydrogen (secondary N) is 1. The zero-order valence-corrected chi connectivity index (χ0v) is 12.7. The molecule has 2 heterocycles. The average molecular weight is 326 g/mol. The molecule has 122 valence electrons. The summed E-state index contributed by atoms with van der Waals surface area (Å²) in [6.45, 7) is 1.40. The molecule has 3 rings (SSSR count). The van der Waals surface area contributed by atoms with Crippen LogP contribution in [0.2, 0.25) is 0 Å². The number of benzene rings is 1. The maximum absolute atomic E-state index is 12.2. The maximum atomic E-state index is 12.2. The summed E-state index contributed by atoms with van der Waals surface area (Å²) in [6.07, 6.45) is 1.26. The quantitative estimate of drug-likeness (QED) is 0.664. The summed E-state index contributed by atoms with van der Waals surface area (Å²) in [5, 5.41) is 25.2. The third-order valence-electron chi connectivity index (χ3n) is 3.50. The molecular formula is C16H14N4O4. The van der Waals surface area contributed by atoms with Crippen LogP contribution in [0.3, 0.4) is 0 Å². The minimum Gasteiger partial charge on any atom is -0.507 e. The van der Waals surface area contributed by atoms with Crippen LogP contribution in [-0.4, -0.2) is 43.2 Å². The van der Waals surface area contributed by atoms with E-state index in [0.29, 0.717) is 5.69 Å². The lowest BCUT2D eigenvalue weighted by molar-refractivity contribution is -0.135. The van der Waals surface area contributed by atoms with Crippen molar-refractivity contribution in [3.05, 3.63) is 47.8 Å². The number of hydrogen-bond acceptors (Lipinski definition) is 5. The number of aliphatic carboxylic acids is 1. The third-order valence-corrected chi connectivity index (χ3v) is 3.50. The van der Waals surface area contributed by atoms with Gasteiger partial charge in [-0.15, -0.1) is 0 Å². The van der Waals surface area contributed by atoms with Crippen molar-refractivity contribution in [2.45, 2.75) is 6.92 Å². The summed E-state index contributed by atoms with van der Waals surface area (Å²) in [6, 6.07) is 8.98. The zero-order chi connectivity index (χ0) is 17.3. The summed E-state index contributed by atoms with van der Waals surface area (Å²) < 4.78 is 1.43. The van der Waals surface area contributed by atoms with E-state index in [4.69, 9.17) is 5.11 Å². The molecule has 8 nitrogen and oxygen atoms in total. The van der Waals surface area contributed by atoms with Crippen molar-refractivity contribution in [2.24, 2.45) is 0 Å². The van der Waals surface area contributed by atoms with Crippen LogP contribution in [0.4, 0.5) is 0 Å². The Balaban J connectivity index is 2.11. The first-order valence-electron chi connectivity index (χ1n) is 7.10. The summed E-state index contributed by atoms with van der Waals surface area (Å²) >= 11 is 0. The number of amides is 1. The van der Waals surface area contributed by atoms with Gasteiger partial charge in [0.25, 0.3) is 5.91 Å². The molecule has 0 fully saturated rings. The predicted octanol–water partition coefficient (Wildman–Crippen LogP) is 1.22. The van der Waals surface area contributed by atoms with Gasteiger partial charge in [0.05, 0.1) is 5.69 Å². The lowest BCUT2D eigenvalue weighted by Gasteiger charge is -2.11. The zero-order valence-electron chi connectivity index (χ0n) is 12.7. The Kier molecular flexibility index (Phi) is 3.87. The summed E-state index contributed by atoms with van der Waals surface area (Å²) in [5.41, 5.74) is 2.47. The van der Waals surface area contributed by atoms with E-state index in [1.54, 1.807) is 0 Å². The first-order valence-corrected chi connectivity index (χ1v) is 7.10. The van der Waals surface area contributed by atoms with Crippen molar-refractivity contribution >= 4 is 17.5 Å². The first kappa shape index (κ1) is 15.5. The molecule has 0 atom stereocenters. The number of carboxylic acid groups (broad SMARTS) is 1. The molecule has 0 spiro atoms. The number of rotatable bonds is 4. The molecule has 1 aromatic carbocycles. The molecule has 1 amide bonds. The van der Waals surface area contributed by atoms with Gasteiger partial charge in [-0.1, -0.05) is 29.8 Å². The Morgan fingerprint density at radius 2 is 1.96 bits per heavy atom. The number of carbonyl (C=O) groups excluding carboxylic acids is 1. The van der Waals surface area contributed by atoms with Crippen LogP contribution in [0.15, 0.2) is 36.7 Å². The number of aryl methyl sites for hydroxylation is 1. The number of fused-ring (bicyclic) bond motifs is 1. The van der Waals surface area contributed by atoms with Crippen LogP contribution in [0, 0.1) is 6.92 Å². The van der Waals surface area contributed by atoms with Gasteiger partial charge in [-0.25, -0.2) is 9.50 Å². The van der Waals surface area contributed by atoms with E-state index in [2.05, 4.69) is 15.4 Å². The van der Waals surface area contributed by atoms with Crippen LogP contribution in [0.25, 0.3) is 16.9 Å². The molecule has 3 aromatic rings. The van der Waals surface area contributed by atoms with Gasteiger partial charge in [-0.05, 0) is 6.92 Å². The molecule has 3 N–H and O–H groups in total. The Morgan fingerprint density at radius 1 is 1.25 bits per heavy atom. The van der Waals surface area contributed by atoms with E-state index in [1.165, 1.54) is 16.9 Å². The van der Waals surface area contributed by atoms with Gasteiger partial charge in [0.2, 0.25) is 0 Å². The number of carboxylic acids is 1. The van der Waals surface area contributed by atoms with Crippen LogP contribution >= 0.6 is 0 Å². The van der Waals surface area contributed by atoms with Crippen molar-refractivity contribution < 1.29 is 19.8 Å². The molecule has 0 aliphatic carbocycles. The van der Waals surface area contributed by atoms with E-state index in [1.807, 2.05) is 31.2 Å². The molecule has 0 bridgehead atoms. The topological polar surface area (TPSA) is 117 Å². The molecule has 0 aliphatic heterocycles. The standard InChI is InChI=1S/C16H14N4O4/c1-9-2-4-10(5-3-9)11-6-12(21)14(15-18-8-19-20(11)15)16(24)17-7-13(22)23/h2-6,8,21H,7H2,1H3,(H,17,24)(H,22,23). The Labute approximate surface area is 136 Å². The van der Waals surface area contributed by atoms with Crippen molar-refractivity contribution in [1.29, 1.82) is 0 Å². The van der Waals surface area contributed by atoms with Crippen molar-refractivity contribution in [2.75, 3.05) is 6.54 Å². The SMILES string of the molecule is Cc1ccc(-c2cc(O)c(C(=O)NCC(=O)O)c3ncnn23)cc1. The second kappa shape index (κ2) is 5.99. The largest absolute Gasteiger partial charge is 0.507 e. The van der Waals surface area contributed by atoms with Crippen molar-refractivity contribution in [3.8, 4) is 17.0 Å². The van der Waals surface area contributed by atoms with Gasteiger partial charge >= 0.3 is 5.97 Å². The van der Waals surface area contributed by atoms with Crippen LogP contribution < -0.4 is 5.32 Å². The predicted molar refractivity (Wildman–Crippen MR) is 84.8 cm³/mol. The number of carbonyl (C=O) groups is 2. The smallest absolute Gasteiger partial charge is 0.322 e. The molecule has 0 saturated heterocycles. The highest BCUT2D eigenvalue weighted by molar-refractivity contribution is 6.03. The Morgan fingerprint density at radius 3 is 2.62 bits per heavy atom. The molecule has 0 saturated carbocycles. The fourth-order valence-electron chi connectivity index (χ4n) is 2.36. The molecule has 24 heavy (non-hydrogen) atoms. The van der Waals surface area contributed by atoms with Crippen molar-refractivity contribution in [1.82, 2.24) is 19.9 Å². The fourth-order valence-corrected chi connectivity index (χ4v) is 2.36. The number of nitrogens with zero attached hydrogens (tertiary/aromatic N) is 3. The highest BCUT2D eigenvalue weighted by atomic mass is 16.4. The van der Waals surface area contributed by atoms with Gasteiger partial charge < -0.3 is 15.5 Å². The van der Waals surface area contributed by atoms with Gasteiger partial charge in [-0.2, -0.15) is 5.10 Å². The molecular weight excluding hydrogens is 312 g/mol. The Bertz CT molecular complexity index is 931. The molecule has 8 heteroatoms. The first-order chi connectivity index (χ1) is 11.5. The third kappa shape index (κ3) is 2.76. The van der Waals surface area contributed by atoms with E-state index < -0.39 is 18.4 Å². The summed E-state index contributed by atoms with van der Waals surface area (Å²) in [7, 11) is 0. The minimum atomic E-state index is -1.18. The number of hydrogen-bond donors (Lipinski definition) is 3. The van der Waals surface area contributed by atoms with Gasteiger partial charge in [-0.3, -0.25) is 9.59 Å². The van der Waals surface area contributed by atoms with Gasteiger partial charge in [0.15, 0.2) is 5.65 Å². The molecule has 2 aromatic heterocycles. The molecule has 0 unspecified atom stereocenters. The monoisotopic (exact) mass is 326 g/mol. The van der Waals surface area contributed by atoms with Crippen LogP contribution in [-0.2, 0) is 4.79 Å². The van der Waals surface area contributed by atoms with E-state index in [0.717, 1.165) is 11.1 Å². The van der Waals surface area contributed by atoms with E-state index in [-0.39, 0.29) is 17.0 Å². The second-order valence-corrected chi connectivity index (χ2v) is 5.23. The second-order valence-electron chi connectivity index (χ2n) is 5.23. The van der Waals surface area contributed by atoms with Gasteiger partial charge in [0.1, 0.15) is 24.2 Å². The molecule has 0 radical (unpaired) electrons.